The van der Waals surface area contributed by atoms with Gasteiger partial charge in [-0.05, 0) is 45.2 Å². The number of hydrogen-bond donors (Lipinski definition) is 1. The van der Waals surface area contributed by atoms with Crippen LogP contribution in [0.4, 0.5) is 0 Å². The molecule has 0 aliphatic heterocycles. The van der Waals surface area contributed by atoms with E-state index in [0.717, 1.165) is 0 Å². The van der Waals surface area contributed by atoms with Crippen molar-refractivity contribution in [1.29, 1.82) is 0 Å². The Kier molecular flexibility index (Phi) is 2.95. The number of aromatic amines is 1. The van der Waals surface area contributed by atoms with E-state index in [2.05, 4.69) is 102 Å². The van der Waals surface area contributed by atoms with Crippen LogP contribution in [0.5, 0.6) is 0 Å². The van der Waals surface area contributed by atoms with E-state index in [9.17, 15) is 0 Å². The molecule has 0 saturated carbocycles. The molecule has 0 atom stereocenters. The molecule has 0 spiro atoms. The third-order valence-corrected chi connectivity index (χ3v) is 5.60. The molecule has 0 bridgehead atoms. The molecule has 0 saturated heterocycles. The minimum absolute atomic E-state index is 1.20. The van der Waals surface area contributed by atoms with Crippen molar-refractivity contribution >= 4 is 32.6 Å². The monoisotopic (exact) mass is 343 g/mol. The largest absolute Gasteiger partial charge is 0.354 e. The summed E-state index contributed by atoms with van der Waals surface area (Å²) in [5.41, 5.74) is 7.50. The fraction of sp³-hybridized carbons (Fsp3) is 0. The zero-order chi connectivity index (χ0) is 17.8. The van der Waals surface area contributed by atoms with E-state index in [1.807, 2.05) is 0 Å². The number of rotatable bonds is 2. The number of H-pyrrole nitrogens is 1. The van der Waals surface area contributed by atoms with Gasteiger partial charge >= 0.3 is 0 Å². The van der Waals surface area contributed by atoms with Gasteiger partial charge in [0, 0.05) is 21.8 Å². The molecule has 5 aromatic carbocycles. The Morgan fingerprint density at radius 2 is 0.852 bits per heavy atom. The minimum atomic E-state index is 1.20. The lowest BCUT2D eigenvalue weighted by atomic mass is 9.91. The van der Waals surface area contributed by atoms with Crippen LogP contribution in [-0.4, -0.2) is 4.98 Å². The van der Waals surface area contributed by atoms with Crippen molar-refractivity contribution in [2.45, 2.75) is 0 Å². The summed E-state index contributed by atoms with van der Waals surface area (Å²) in [6.45, 7) is 0. The number of nitrogens with one attached hydrogen (secondary N) is 1. The van der Waals surface area contributed by atoms with Crippen molar-refractivity contribution in [2.75, 3.05) is 0 Å². The van der Waals surface area contributed by atoms with Gasteiger partial charge in [0.15, 0.2) is 0 Å². The van der Waals surface area contributed by atoms with Crippen LogP contribution in [0.15, 0.2) is 97.1 Å². The zero-order valence-electron chi connectivity index (χ0n) is 14.7. The lowest BCUT2D eigenvalue weighted by Crippen LogP contribution is -1.85. The molecule has 0 radical (unpaired) electrons. The smallest absolute Gasteiger partial charge is 0.0471 e. The van der Waals surface area contributed by atoms with Gasteiger partial charge in [-0.2, -0.15) is 0 Å². The number of benzene rings is 5. The molecule has 1 aromatic heterocycles. The van der Waals surface area contributed by atoms with Crippen LogP contribution >= 0.6 is 0 Å². The topological polar surface area (TPSA) is 15.8 Å². The Hall–Kier alpha value is -3.58. The summed E-state index contributed by atoms with van der Waals surface area (Å²) in [5.74, 6) is 0. The third-order valence-electron chi connectivity index (χ3n) is 5.60. The van der Waals surface area contributed by atoms with Crippen LogP contribution in [0.3, 0.4) is 0 Å². The molecule has 1 N–H and O–H groups in total. The average molecular weight is 343 g/mol. The normalized spacial score (nSPS) is 11.7. The van der Waals surface area contributed by atoms with Crippen LogP contribution < -0.4 is 0 Å². The maximum absolute atomic E-state index is 3.62. The Morgan fingerprint density at radius 3 is 1.30 bits per heavy atom. The molecular formula is C26H17N. The van der Waals surface area contributed by atoms with E-state index in [1.165, 1.54) is 54.8 Å². The van der Waals surface area contributed by atoms with E-state index in [0.29, 0.717) is 0 Å². The van der Waals surface area contributed by atoms with Crippen LogP contribution in [0.2, 0.25) is 0 Å². The summed E-state index contributed by atoms with van der Waals surface area (Å²) < 4.78 is 0. The van der Waals surface area contributed by atoms with Gasteiger partial charge in [0.25, 0.3) is 0 Å². The number of hydrogen-bond acceptors (Lipinski definition) is 0. The Balaban J connectivity index is 1.74. The van der Waals surface area contributed by atoms with Crippen molar-refractivity contribution in [1.82, 2.24) is 4.98 Å². The van der Waals surface area contributed by atoms with Gasteiger partial charge in [0.2, 0.25) is 0 Å². The summed E-state index contributed by atoms with van der Waals surface area (Å²) in [6.07, 6.45) is 0. The maximum Gasteiger partial charge on any atom is 0.0471 e. The van der Waals surface area contributed by atoms with Gasteiger partial charge in [0.1, 0.15) is 0 Å². The average Bonchev–Trinajstić information content (AvgIpc) is 3.13. The number of aromatic nitrogens is 1. The highest BCUT2D eigenvalue weighted by atomic mass is 14.7. The Labute approximate surface area is 157 Å². The second-order valence-electron chi connectivity index (χ2n) is 7.09. The predicted octanol–water partition coefficient (Wildman–Crippen LogP) is 7.25. The highest BCUT2D eigenvalue weighted by Gasteiger charge is 2.16. The standard InChI is InChI=1S/C26H17N/c1-3-7-17(8-4-1)19-13-15-23-25-21(19)11-12-22-20(18-9-5-2-6-10-18)14-16-24(27-23)26(22)25/h1-16,27H. The van der Waals surface area contributed by atoms with E-state index in [1.54, 1.807) is 0 Å². The molecule has 1 nitrogen and oxygen atoms in total. The molecule has 0 fully saturated rings. The van der Waals surface area contributed by atoms with E-state index < -0.39 is 0 Å². The van der Waals surface area contributed by atoms with Gasteiger partial charge in [-0.25, -0.2) is 0 Å². The second-order valence-corrected chi connectivity index (χ2v) is 7.09. The lowest BCUT2D eigenvalue weighted by Gasteiger charge is -2.11. The summed E-state index contributed by atoms with van der Waals surface area (Å²) in [4.78, 5) is 3.62. The molecule has 0 aliphatic rings. The van der Waals surface area contributed by atoms with Crippen molar-refractivity contribution in [3.63, 3.8) is 0 Å². The highest BCUT2D eigenvalue weighted by molar-refractivity contribution is 6.27. The molecule has 126 valence electrons. The van der Waals surface area contributed by atoms with Gasteiger partial charge in [-0.15, -0.1) is 0 Å². The molecular weight excluding hydrogens is 326 g/mol. The summed E-state index contributed by atoms with van der Waals surface area (Å²) in [6, 6.07) is 34.8. The molecule has 27 heavy (non-hydrogen) atoms. The van der Waals surface area contributed by atoms with Gasteiger partial charge in [0.05, 0.1) is 0 Å². The van der Waals surface area contributed by atoms with Crippen LogP contribution in [0.1, 0.15) is 0 Å². The second kappa shape index (κ2) is 5.46. The van der Waals surface area contributed by atoms with E-state index in [-0.39, 0.29) is 0 Å². The summed E-state index contributed by atoms with van der Waals surface area (Å²) in [7, 11) is 0. The predicted molar refractivity (Wildman–Crippen MR) is 115 cm³/mol. The van der Waals surface area contributed by atoms with Crippen molar-refractivity contribution in [3.8, 4) is 22.3 Å². The van der Waals surface area contributed by atoms with E-state index in [4.69, 9.17) is 0 Å². The van der Waals surface area contributed by atoms with Gasteiger partial charge in [-0.3, -0.25) is 0 Å². The molecule has 6 aromatic rings. The van der Waals surface area contributed by atoms with Crippen LogP contribution in [0, 0.1) is 0 Å². The first-order chi connectivity index (χ1) is 13.4. The fourth-order valence-electron chi connectivity index (χ4n) is 4.38. The van der Waals surface area contributed by atoms with E-state index >= 15 is 0 Å². The highest BCUT2D eigenvalue weighted by Crippen LogP contribution is 2.42. The Morgan fingerprint density at radius 1 is 0.407 bits per heavy atom. The first-order valence-electron chi connectivity index (χ1n) is 9.30. The minimum Gasteiger partial charge on any atom is -0.354 e. The first kappa shape index (κ1) is 14.6. The maximum atomic E-state index is 3.62. The van der Waals surface area contributed by atoms with Gasteiger partial charge in [-0.1, -0.05) is 84.9 Å². The van der Waals surface area contributed by atoms with Crippen molar-refractivity contribution < 1.29 is 0 Å². The van der Waals surface area contributed by atoms with Crippen molar-refractivity contribution in [2.24, 2.45) is 0 Å². The molecule has 0 amide bonds. The molecule has 1 heteroatoms. The summed E-state index contributed by atoms with van der Waals surface area (Å²) in [5, 5.41) is 5.29. The van der Waals surface area contributed by atoms with Crippen LogP contribution in [-0.2, 0) is 0 Å². The van der Waals surface area contributed by atoms with Crippen LogP contribution in [0.25, 0.3) is 54.8 Å². The fourth-order valence-corrected chi connectivity index (χ4v) is 4.38. The summed E-state index contributed by atoms with van der Waals surface area (Å²) >= 11 is 0. The first-order valence-corrected chi connectivity index (χ1v) is 9.30. The quantitative estimate of drug-likeness (QED) is 0.319. The molecule has 1 heterocycles. The molecule has 0 unspecified atom stereocenters. The molecule has 0 aliphatic carbocycles. The van der Waals surface area contributed by atoms with Crippen molar-refractivity contribution in [3.05, 3.63) is 97.1 Å². The SMILES string of the molecule is c1ccc(-c2ccc3[nH]c4ccc(-c5ccccc5)c5ccc2c3c45)cc1. The zero-order valence-corrected chi connectivity index (χ0v) is 14.7. The van der Waals surface area contributed by atoms with Gasteiger partial charge < -0.3 is 4.98 Å². The third kappa shape index (κ3) is 2.06. The Bertz CT molecular complexity index is 1280. The lowest BCUT2D eigenvalue weighted by molar-refractivity contribution is 1.55. The molecule has 6 rings (SSSR count).